The third kappa shape index (κ3) is 2.12. The fourth-order valence-electron chi connectivity index (χ4n) is 2.39. The number of ether oxygens (including phenoxy) is 1. The number of hydrogen-bond acceptors (Lipinski definition) is 3. The van der Waals surface area contributed by atoms with Crippen molar-refractivity contribution in [1.29, 1.82) is 0 Å². The maximum Gasteiger partial charge on any atom is 0.157 e. The van der Waals surface area contributed by atoms with Gasteiger partial charge in [0, 0.05) is 11.8 Å². The van der Waals surface area contributed by atoms with E-state index in [9.17, 15) is 0 Å². The van der Waals surface area contributed by atoms with Crippen molar-refractivity contribution in [3.63, 3.8) is 0 Å². The van der Waals surface area contributed by atoms with Gasteiger partial charge in [0.2, 0.25) is 0 Å². The van der Waals surface area contributed by atoms with E-state index in [4.69, 9.17) is 22.1 Å². The van der Waals surface area contributed by atoms with E-state index in [1.165, 1.54) is 0 Å². The first-order chi connectivity index (χ1) is 10.0. The molecule has 0 aliphatic carbocycles. The molecule has 2 N–H and O–H groups in total. The summed E-state index contributed by atoms with van der Waals surface area (Å²) in [5.74, 6) is 1.30. The second-order valence-electron chi connectivity index (χ2n) is 5.03. The van der Waals surface area contributed by atoms with Crippen LogP contribution in [0.25, 0.3) is 16.9 Å². The topological polar surface area (TPSA) is 52.5 Å². The molecular formula is C16H16ClN3O. The number of halogens is 1. The lowest BCUT2D eigenvalue weighted by atomic mass is 10.0. The van der Waals surface area contributed by atoms with Crippen LogP contribution in [0.3, 0.4) is 0 Å². The Balaban J connectivity index is 2.33. The highest BCUT2D eigenvalue weighted by Gasteiger charge is 2.17. The lowest BCUT2D eigenvalue weighted by Crippen LogP contribution is -1.96. The summed E-state index contributed by atoms with van der Waals surface area (Å²) in [7, 11) is 1.65. The lowest BCUT2D eigenvalue weighted by molar-refractivity contribution is 0.416. The molecule has 4 nitrogen and oxygen atoms in total. The van der Waals surface area contributed by atoms with E-state index in [-0.39, 0.29) is 0 Å². The van der Waals surface area contributed by atoms with Gasteiger partial charge in [-0.1, -0.05) is 11.6 Å². The summed E-state index contributed by atoms with van der Waals surface area (Å²) < 4.78 is 7.26. The van der Waals surface area contributed by atoms with Crippen molar-refractivity contribution < 1.29 is 4.74 Å². The van der Waals surface area contributed by atoms with Gasteiger partial charge in [0.05, 0.1) is 12.1 Å². The molecule has 0 aliphatic heterocycles. The molecular weight excluding hydrogens is 286 g/mol. The summed E-state index contributed by atoms with van der Waals surface area (Å²) in [6, 6.07) is 7.68. The van der Waals surface area contributed by atoms with Crippen LogP contribution in [0.5, 0.6) is 5.75 Å². The van der Waals surface area contributed by atoms with E-state index in [1.54, 1.807) is 17.6 Å². The number of nitrogen functional groups attached to an aromatic ring is 1. The maximum absolute atomic E-state index is 6.24. The van der Waals surface area contributed by atoms with Crippen LogP contribution < -0.4 is 10.5 Å². The number of aryl methyl sites for hydroxylation is 2. The van der Waals surface area contributed by atoms with Crippen molar-refractivity contribution in [2.24, 2.45) is 0 Å². The first kappa shape index (κ1) is 13.8. The summed E-state index contributed by atoms with van der Waals surface area (Å²) in [6.45, 7) is 4.10. The van der Waals surface area contributed by atoms with Crippen LogP contribution in [-0.2, 0) is 0 Å². The number of pyridine rings is 1. The Morgan fingerprint density at radius 3 is 2.62 bits per heavy atom. The van der Waals surface area contributed by atoms with E-state index >= 15 is 0 Å². The van der Waals surface area contributed by atoms with Crippen LogP contribution >= 0.6 is 11.6 Å². The standard InChI is InChI=1S/C16H16ClN3O/c1-9-7-11(13(21-3)8-10(9)2)14-15(18)20-6-4-5-12(17)16(20)19-14/h4-8H,18H2,1-3H3. The number of imidazole rings is 1. The van der Waals surface area contributed by atoms with Gasteiger partial charge in [-0.05, 0) is 49.2 Å². The number of aromatic nitrogens is 2. The van der Waals surface area contributed by atoms with Crippen molar-refractivity contribution >= 4 is 23.1 Å². The first-order valence-corrected chi connectivity index (χ1v) is 6.98. The van der Waals surface area contributed by atoms with Gasteiger partial charge in [0.15, 0.2) is 5.65 Å². The molecule has 0 saturated carbocycles. The average Bonchev–Trinajstić information content (AvgIpc) is 2.80. The van der Waals surface area contributed by atoms with Crippen molar-refractivity contribution in [3.05, 3.63) is 46.6 Å². The second kappa shape index (κ2) is 4.97. The van der Waals surface area contributed by atoms with Crippen LogP contribution in [0, 0.1) is 13.8 Å². The zero-order valence-electron chi connectivity index (χ0n) is 12.1. The molecule has 0 atom stereocenters. The number of nitrogens with two attached hydrogens (primary N) is 1. The fraction of sp³-hybridized carbons (Fsp3) is 0.188. The minimum absolute atomic E-state index is 0.550. The molecule has 0 amide bonds. The predicted molar refractivity (Wildman–Crippen MR) is 86.1 cm³/mol. The highest BCUT2D eigenvalue weighted by molar-refractivity contribution is 6.33. The van der Waals surface area contributed by atoms with Crippen LogP contribution in [0.4, 0.5) is 5.82 Å². The van der Waals surface area contributed by atoms with Gasteiger partial charge in [0.25, 0.3) is 0 Å². The van der Waals surface area contributed by atoms with Crippen LogP contribution in [0.2, 0.25) is 5.02 Å². The zero-order chi connectivity index (χ0) is 15.1. The number of anilines is 1. The smallest absolute Gasteiger partial charge is 0.157 e. The SMILES string of the molecule is COc1cc(C)c(C)cc1-c1nc2c(Cl)cccn2c1N. The molecule has 21 heavy (non-hydrogen) atoms. The Kier molecular flexibility index (Phi) is 3.26. The van der Waals surface area contributed by atoms with E-state index in [2.05, 4.69) is 11.9 Å². The Hall–Kier alpha value is -2.20. The Morgan fingerprint density at radius 1 is 1.24 bits per heavy atom. The third-order valence-electron chi connectivity index (χ3n) is 3.71. The van der Waals surface area contributed by atoms with Crippen molar-refractivity contribution in [2.45, 2.75) is 13.8 Å². The zero-order valence-corrected chi connectivity index (χ0v) is 12.9. The second-order valence-corrected chi connectivity index (χ2v) is 5.44. The highest BCUT2D eigenvalue weighted by Crippen LogP contribution is 2.36. The van der Waals surface area contributed by atoms with Gasteiger partial charge in [-0.25, -0.2) is 4.98 Å². The number of methoxy groups -OCH3 is 1. The summed E-state index contributed by atoms with van der Waals surface area (Å²) in [5.41, 5.74) is 10.8. The molecule has 3 aromatic rings. The molecule has 2 heterocycles. The Bertz CT molecular complexity index is 839. The van der Waals surface area contributed by atoms with E-state index < -0.39 is 0 Å². The van der Waals surface area contributed by atoms with Crippen LogP contribution in [0.1, 0.15) is 11.1 Å². The van der Waals surface area contributed by atoms with E-state index in [0.717, 1.165) is 22.4 Å². The molecule has 0 radical (unpaired) electrons. The summed E-state index contributed by atoms with van der Waals surface area (Å²) in [5, 5.41) is 0.568. The maximum atomic E-state index is 6.24. The largest absolute Gasteiger partial charge is 0.496 e. The lowest BCUT2D eigenvalue weighted by Gasteiger charge is -2.10. The molecule has 108 valence electrons. The van der Waals surface area contributed by atoms with E-state index in [1.807, 2.05) is 31.3 Å². The van der Waals surface area contributed by atoms with E-state index in [0.29, 0.717) is 22.2 Å². The number of hydrogen-bond donors (Lipinski definition) is 1. The van der Waals surface area contributed by atoms with Gasteiger partial charge < -0.3 is 10.5 Å². The minimum atomic E-state index is 0.550. The molecule has 0 unspecified atom stereocenters. The number of fused-ring (bicyclic) bond motifs is 1. The molecule has 0 fully saturated rings. The van der Waals surface area contributed by atoms with Crippen LogP contribution in [-0.4, -0.2) is 16.5 Å². The summed E-state index contributed by atoms with van der Waals surface area (Å²) in [6.07, 6.45) is 1.85. The number of nitrogens with zero attached hydrogens (tertiary/aromatic N) is 2. The normalized spacial score (nSPS) is 11.0. The van der Waals surface area contributed by atoms with Gasteiger partial charge in [-0.3, -0.25) is 4.40 Å². The molecule has 5 heteroatoms. The first-order valence-electron chi connectivity index (χ1n) is 6.60. The predicted octanol–water partition coefficient (Wildman–Crippen LogP) is 3.86. The molecule has 1 aromatic carbocycles. The average molecular weight is 302 g/mol. The molecule has 2 aromatic heterocycles. The molecule has 0 bridgehead atoms. The minimum Gasteiger partial charge on any atom is -0.496 e. The molecule has 3 rings (SSSR count). The Morgan fingerprint density at radius 2 is 1.95 bits per heavy atom. The van der Waals surface area contributed by atoms with Gasteiger partial charge in [0.1, 0.15) is 17.3 Å². The van der Waals surface area contributed by atoms with Crippen LogP contribution in [0.15, 0.2) is 30.5 Å². The number of benzene rings is 1. The molecule has 0 saturated heterocycles. The Labute approximate surface area is 128 Å². The van der Waals surface area contributed by atoms with Crippen molar-refractivity contribution in [1.82, 2.24) is 9.38 Å². The van der Waals surface area contributed by atoms with Gasteiger partial charge in [-0.15, -0.1) is 0 Å². The summed E-state index contributed by atoms with van der Waals surface area (Å²) >= 11 is 6.19. The molecule has 0 aliphatic rings. The monoisotopic (exact) mass is 301 g/mol. The highest BCUT2D eigenvalue weighted by atomic mass is 35.5. The fourth-order valence-corrected chi connectivity index (χ4v) is 2.60. The molecule has 0 spiro atoms. The van der Waals surface area contributed by atoms with Gasteiger partial charge >= 0.3 is 0 Å². The van der Waals surface area contributed by atoms with Gasteiger partial charge in [-0.2, -0.15) is 0 Å². The van der Waals surface area contributed by atoms with Crippen molar-refractivity contribution in [2.75, 3.05) is 12.8 Å². The third-order valence-corrected chi connectivity index (χ3v) is 4.01. The quantitative estimate of drug-likeness (QED) is 0.782. The number of rotatable bonds is 2. The van der Waals surface area contributed by atoms with Crippen molar-refractivity contribution in [3.8, 4) is 17.0 Å². The summed E-state index contributed by atoms with van der Waals surface area (Å²) in [4.78, 5) is 4.59.